The number of hydrogen-bond donors (Lipinski definition) is 2. The number of rotatable bonds is 5. The fraction of sp³-hybridized carbons (Fsp3) is 0.500. The summed E-state index contributed by atoms with van der Waals surface area (Å²) >= 11 is 0. The van der Waals surface area contributed by atoms with E-state index in [2.05, 4.69) is 24.1 Å². The molecule has 1 heterocycles. The summed E-state index contributed by atoms with van der Waals surface area (Å²) in [6.45, 7) is 5.16. The third kappa shape index (κ3) is 5.53. The summed E-state index contributed by atoms with van der Waals surface area (Å²) in [5, 5.41) is 3.38. The summed E-state index contributed by atoms with van der Waals surface area (Å²) in [6.07, 6.45) is 4.95. The van der Waals surface area contributed by atoms with Crippen LogP contribution in [0, 0.1) is 11.8 Å². The van der Waals surface area contributed by atoms with Crippen LogP contribution in [-0.2, 0) is 4.79 Å². The molecule has 0 saturated carbocycles. The average molecular weight is 341 g/mol. The first kappa shape index (κ1) is 18.9. The number of likely N-dealkylation sites (tertiary alicyclic amines) is 1. The first-order valence-electron chi connectivity index (χ1n) is 8.96. The van der Waals surface area contributed by atoms with E-state index in [4.69, 9.17) is 5.73 Å². The number of benzene rings is 1. The summed E-state index contributed by atoms with van der Waals surface area (Å²) in [4.78, 5) is 25.2. The van der Waals surface area contributed by atoms with Crippen molar-refractivity contribution in [2.24, 2.45) is 5.73 Å². The Morgan fingerprint density at radius 1 is 1.40 bits per heavy atom. The van der Waals surface area contributed by atoms with E-state index in [1.807, 2.05) is 17.0 Å². The van der Waals surface area contributed by atoms with Gasteiger partial charge in [0, 0.05) is 43.7 Å². The van der Waals surface area contributed by atoms with Crippen molar-refractivity contribution < 1.29 is 9.59 Å². The van der Waals surface area contributed by atoms with Crippen LogP contribution >= 0.6 is 0 Å². The minimum absolute atomic E-state index is 0.0827. The number of carbonyl (C=O) groups excluding carboxylic acids is 2. The molecule has 1 atom stereocenters. The molecule has 1 aromatic carbocycles. The van der Waals surface area contributed by atoms with E-state index >= 15 is 0 Å². The molecule has 1 aliphatic rings. The van der Waals surface area contributed by atoms with Gasteiger partial charge in [0.15, 0.2) is 0 Å². The van der Waals surface area contributed by atoms with Crippen LogP contribution in [0.25, 0.3) is 0 Å². The molecule has 1 fully saturated rings. The van der Waals surface area contributed by atoms with Gasteiger partial charge >= 0.3 is 0 Å². The van der Waals surface area contributed by atoms with Crippen LogP contribution in [0.3, 0.4) is 0 Å². The number of primary amides is 1. The smallest absolute Gasteiger partial charge is 0.250 e. The summed E-state index contributed by atoms with van der Waals surface area (Å²) < 4.78 is 0. The van der Waals surface area contributed by atoms with Gasteiger partial charge in [-0.05, 0) is 37.5 Å². The largest absolute Gasteiger partial charge is 0.380 e. The van der Waals surface area contributed by atoms with E-state index in [9.17, 15) is 9.59 Å². The molecule has 1 aliphatic heterocycles. The molecule has 2 amide bonds. The number of nitrogens with two attached hydrogens (primary N) is 1. The molecule has 25 heavy (non-hydrogen) atoms. The first-order chi connectivity index (χ1) is 12.0. The average Bonchev–Trinajstić information content (AvgIpc) is 2.60. The standard InChI is InChI=1S/C20H27N3O2/c1-3-4-5-6-8-16-10-11-19(18(13-16)20(21)25)22-17-9-7-12-23(14-17)15(2)24/h10-11,13,17,22H,3-5,7,9,12,14H2,1-2H3,(H2,21,25). The fourth-order valence-corrected chi connectivity index (χ4v) is 2.98. The van der Waals surface area contributed by atoms with Gasteiger partial charge in [-0.1, -0.05) is 25.2 Å². The van der Waals surface area contributed by atoms with Crippen LogP contribution in [0.15, 0.2) is 18.2 Å². The van der Waals surface area contributed by atoms with Crippen molar-refractivity contribution in [2.45, 2.75) is 52.0 Å². The van der Waals surface area contributed by atoms with Gasteiger partial charge in [0.2, 0.25) is 5.91 Å². The number of piperidine rings is 1. The van der Waals surface area contributed by atoms with E-state index in [0.29, 0.717) is 17.8 Å². The Balaban J connectivity index is 2.12. The molecule has 0 aliphatic carbocycles. The van der Waals surface area contributed by atoms with Crippen LogP contribution in [-0.4, -0.2) is 35.8 Å². The first-order valence-corrected chi connectivity index (χ1v) is 8.96. The molecule has 1 aromatic rings. The maximum absolute atomic E-state index is 11.8. The molecule has 0 radical (unpaired) electrons. The maximum atomic E-state index is 11.8. The normalized spacial score (nSPS) is 16.7. The van der Waals surface area contributed by atoms with Gasteiger partial charge < -0.3 is 16.0 Å². The van der Waals surface area contributed by atoms with Gasteiger partial charge in [0.25, 0.3) is 5.91 Å². The van der Waals surface area contributed by atoms with Gasteiger partial charge in [-0.2, -0.15) is 0 Å². The topological polar surface area (TPSA) is 75.4 Å². The summed E-state index contributed by atoms with van der Waals surface area (Å²) in [5.41, 5.74) is 7.50. The quantitative estimate of drug-likeness (QED) is 0.639. The van der Waals surface area contributed by atoms with Crippen LogP contribution in [0.1, 0.15) is 61.9 Å². The highest BCUT2D eigenvalue weighted by atomic mass is 16.2. The van der Waals surface area contributed by atoms with Gasteiger partial charge in [-0.25, -0.2) is 0 Å². The number of amides is 2. The number of carbonyl (C=O) groups is 2. The molecule has 1 unspecified atom stereocenters. The zero-order chi connectivity index (χ0) is 18.2. The van der Waals surface area contributed by atoms with Gasteiger partial charge in [-0.3, -0.25) is 9.59 Å². The second-order valence-electron chi connectivity index (χ2n) is 6.48. The van der Waals surface area contributed by atoms with Crippen molar-refractivity contribution in [3.05, 3.63) is 29.3 Å². The molecule has 1 saturated heterocycles. The second-order valence-corrected chi connectivity index (χ2v) is 6.48. The minimum atomic E-state index is -0.473. The Morgan fingerprint density at radius 3 is 2.88 bits per heavy atom. The third-order valence-electron chi connectivity index (χ3n) is 4.40. The molecule has 2 rings (SSSR count). The van der Waals surface area contributed by atoms with Crippen molar-refractivity contribution in [1.29, 1.82) is 0 Å². The summed E-state index contributed by atoms with van der Waals surface area (Å²) in [5.74, 6) is 5.82. The molecule has 5 nitrogen and oxygen atoms in total. The molecular formula is C20H27N3O2. The van der Waals surface area contributed by atoms with Crippen LogP contribution in [0.4, 0.5) is 5.69 Å². The molecule has 0 bridgehead atoms. The molecule has 134 valence electrons. The van der Waals surface area contributed by atoms with E-state index in [1.165, 1.54) is 0 Å². The van der Waals surface area contributed by atoms with Crippen molar-refractivity contribution in [1.82, 2.24) is 4.90 Å². The summed E-state index contributed by atoms with van der Waals surface area (Å²) in [6, 6.07) is 5.63. The van der Waals surface area contributed by atoms with Crippen molar-refractivity contribution in [3.63, 3.8) is 0 Å². The molecule has 3 N–H and O–H groups in total. The molecule has 0 spiro atoms. The number of nitrogens with zero attached hydrogens (tertiary/aromatic N) is 1. The van der Waals surface area contributed by atoms with Crippen molar-refractivity contribution in [2.75, 3.05) is 18.4 Å². The molecular weight excluding hydrogens is 314 g/mol. The van der Waals surface area contributed by atoms with Crippen LogP contribution in [0.2, 0.25) is 0 Å². The lowest BCUT2D eigenvalue weighted by molar-refractivity contribution is -0.129. The van der Waals surface area contributed by atoms with Gasteiger partial charge in [0.1, 0.15) is 0 Å². The highest BCUT2D eigenvalue weighted by Gasteiger charge is 2.22. The number of unbranched alkanes of at least 4 members (excludes halogenated alkanes) is 2. The Labute approximate surface area is 150 Å². The maximum Gasteiger partial charge on any atom is 0.250 e. The van der Waals surface area contributed by atoms with Crippen molar-refractivity contribution in [3.8, 4) is 11.8 Å². The van der Waals surface area contributed by atoms with Crippen LogP contribution in [0.5, 0.6) is 0 Å². The highest BCUT2D eigenvalue weighted by Crippen LogP contribution is 2.21. The minimum Gasteiger partial charge on any atom is -0.380 e. The van der Waals surface area contributed by atoms with Crippen LogP contribution < -0.4 is 11.1 Å². The SMILES string of the molecule is CCCCC#Cc1ccc(NC2CCCN(C(C)=O)C2)c(C(N)=O)c1. The monoisotopic (exact) mass is 341 g/mol. The van der Waals surface area contributed by atoms with E-state index in [0.717, 1.165) is 44.2 Å². The number of anilines is 1. The Bertz CT molecular complexity index is 688. The zero-order valence-electron chi connectivity index (χ0n) is 15.1. The van der Waals surface area contributed by atoms with Gasteiger partial charge in [-0.15, -0.1) is 0 Å². The second kappa shape index (κ2) is 9.12. The summed E-state index contributed by atoms with van der Waals surface area (Å²) in [7, 11) is 0. The lowest BCUT2D eigenvalue weighted by Gasteiger charge is -2.33. The van der Waals surface area contributed by atoms with E-state index in [1.54, 1.807) is 13.0 Å². The van der Waals surface area contributed by atoms with E-state index < -0.39 is 5.91 Å². The predicted molar refractivity (Wildman–Crippen MR) is 100 cm³/mol. The zero-order valence-corrected chi connectivity index (χ0v) is 15.1. The highest BCUT2D eigenvalue weighted by molar-refractivity contribution is 5.99. The number of nitrogens with one attached hydrogen (secondary N) is 1. The lowest BCUT2D eigenvalue weighted by atomic mass is 10.0. The Kier molecular flexibility index (Phi) is 6.88. The third-order valence-corrected chi connectivity index (χ3v) is 4.40. The van der Waals surface area contributed by atoms with Gasteiger partial charge in [0.05, 0.1) is 5.56 Å². The Morgan fingerprint density at radius 2 is 2.20 bits per heavy atom. The molecule has 5 heteroatoms. The fourth-order valence-electron chi connectivity index (χ4n) is 2.98. The predicted octanol–water partition coefficient (Wildman–Crippen LogP) is 2.75. The van der Waals surface area contributed by atoms with E-state index in [-0.39, 0.29) is 11.9 Å². The lowest BCUT2D eigenvalue weighted by Crippen LogP contribution is -2.44. The van der Waals surface area contributed by atoms with Crippen molar-refractivity contribution >= 4 is 17.5 Å². The Hall–Kier alpha value is -2.48. The number of hydrogen-bond acceptors (Lipinski definition) is 3. The molecule has 0 aromatic heterocycles.